The molecule has 3 rings (SSSR count). The van der Waals surface area contributed by atoms with Gasteiger partial charge in [0.1, 0.15) is 0 Å². The number of amides is 1. The highest BCUT2D eigenvalue weighted by molar-refractivity contribution is 5.82. The maximum Gasteiger partial charge on any atom is 0.253 e. The Labute approximate surface area is 138 Å². The number of rotatable bonds is 5. The van der Waals surface area contributed by atoms with Crippen molar-refractivity contribution in [2.75, 3.05) is 0 Å². The molecular formula is C19H27NO3. The molecule has 0 bridgehead atoms. The van der Waals surface area contributed by atoms with Crippen molar-refractivity contribution in [1.29, 1.82) is 0 Å². The summed E-state index contributed by atoms with van der Waals surface area (Å²) in [5.74, 6) is -0.0375. The standard InChI is InChI=1S/C19H27NO3/c21-16-12-10-15(11-13-16)20-19(22)18(14-6-2-1-3-7-14)23-17-8-4-5-9-17/h1-3,6-7,15-18,21H,4-5,8-13H2,(H,20,22)/t15?,16?,18-/m0/s1. The highest BCUT2D eigenvalue weighted by Crippen LogP contribution is 2.28. The Bertz CT molecular complexity index is 491. The van der Waals surface area contributed by atoms with Crippen LogP contribution >= 0.6 is 0 Å². The van der Waals surface area contributed by atoms with E-state index in [1.54, 1.807) is 0 Å². The van der Waals surface area contributed by atoms with Crippen LogP contribution in [0.2, 0.25) is 0 Å². The second-order valence-corrected chi connectivity index (χ2v) is 6.85. The number of hydrogen-bond donors (Lipinski definition) is 2. The van der Waals surface area contributed by atoms with Gasteiger partial charge < -0.3 is 15.2 Å². The molecule has 2 saturated carbocycles. The lowest BCUT2D eigenvalue weighted by Gasteiger charge is -2.29. The Morgan fingerprint density at radius 1 is 1.04 bits per heavy atom. The van der Waals surface area contributed by atoms with Crippen molar-refractivity contribution < 1.29 is 14.6 Å². The zero-order chi connectivity index (χ0) is 16.1. The van der Waals surface area contributed by atoms with Gasteiger partial charge in [-0.3, -0.25) is 4.79 Å². The lowest BCUT2D eigenvalue weighted by molar-refractivity contribution is -0.138. The topological polar surface area (TPSA) is 58.6 Å². The monoisotopic (exact) mass is 317 g/mol. The fourth-order valence-electron chi connectivity index (χ4n) is 3.63. The maximum absolute atomic E-state index is 12.8. The third-order valence-electron chi connectivity index (χ3n) is 5.01. The van der Waals surface area contributed by atoms with Crippen LogP contribution in [0.15, 0.2) is 30.3 Å². The van der Waals surface area contributed by atoms with Gasteiger partial charge in [-0.25, -0.2) is 0 Å². The van der Waals surface area contributed by atoms with E-state index in [9.17, 15) is 9.90 Å². The molecule has 0 radical (unpaired) electrons. The minimum atomic E-state index is -0.522. The van der Waals surface area contributed by atoms with Crippen LogP contribution in [0.4, 0.5) is 0 Å². The van der Waals surface area contributed by atoms with Crippen LogP contribution in [0.1, 0.15) is 63.0 Å². The molecule has 0 aromatic heterocycles. The van der Waals surface area contributed by atoms with E-state index in [2.05, 4.69) is 5.32 Å². The van der Waals surface area contributed by atoms with Gasteiger partial charge in [0.15, 0.2) is 6.10 Å². The van der Waals surface area contributed by atoms with E-state index in [0.717, 1.165) is 44.1 Å². The smallest absolute Gasteiger partial charge is 0.253 e. The summed E-state index contributed by atoms with van der Waals surface area (Å²) >= 11 is 0. The van der Waals surface area contributed by atoms with Gasteiger partial charge in [0, 0.05) is 6.04 Å². The van der Waals surface area contributed by atoms with E-state index in [-0.39, 0.29) is 24.2 Å². The highest BCUT2D eigenvalue weighted by Gasteiger charge is 2.29. The van der Waals surface area contributed by atoms with Crippen molar-refractivity contribution >= 4 is 5.91 Å². The molecule has 1 aromatic carbocycles. The third-order valence-corrected chi connectivity index (χ3v) is 5.01. The van der Waals surface area contributed by atoms with E-state index >= 15 is 0 Å². The fraction of sp³-hybridized carbons (Fsp3) is 0.632. The molecule has 23 heavy (non-hydrogen) atoms. The fourth-order valence-corrected chi connectivity index (χ4v) is 3.63. The van der Waals surface area contributed by atoms with Gasteiger partial charge in [-0.2, -0.15) is 0 Å². The minimum absolute atomic E-state index is 0.0375. The molecule has 4 heteroatoms. The van der Waals surface area contributed by atoms with E-state index in [1.165, 1.54) is 12.8 Å². The van der Waals surface area contributed by atoms with Crippen molar-refractivity contribution in [3.63, 3.8) is 0 Å². The van der Waals surface area contributed by atoms with E-state index < -0.39 is 6.10 Å². The van der Waals surface area contributed by atoms with Crippen LogP contribution in [0.5, 0.6) is 0 Å². The molecule has 2 N–H and O–H groups in total. The Kier molecular flexibility index (Phi) is 5.68. The van der Waals surface area contributed by atoms with Crippen LogP contribution in [0.25, 0.3) is 0 Å². The lowest BCUT2D eigenvalue weighted by Crippen LogP contribution is -2.42. The zero-order valence-corrected chi connectivity index (χ0v) is 13.6. The molecule has 2 aliphatic carbocycles. The Balaban J connectivity index is 1.65. The molecule has 0 heterocycles. The molecule has 0 aliphatic heterocycles. The van der Waals surface area contributed by atoms with E-state index in [1.807, 2.05) is 30.3 Å². The Morgan fingerprint density at radius 2 is 1.70 bits per heavy atom. The zero-order valence-electron chi connectivity index (χ0n) is 13.6. The molecule has 4 nitrogen and oxygen atoms in total. The summed E-state index contributed by atoms with van der Waals surface area (Å²) < 4.78 is 6.16. The van der Waals surface area contributed by atoms with Gasteiger partial charge in [0.25, 0.3) is 5.91 Å². The SMILES string of the molecule is O=C(NC1CCC(O)CC1)[C@@H](OC1CCCC1)c1ccccc1. The first-order chi connectivity index (χ1) is 11.2. The number of hydrogen-bond acceptors (Lipinski definition) is 3. The largest absolute Gasteiger partial charge is 0.393 e. The van der Waals surface area contributed by atoms with Crippen molar-refractivity contribution in [2.45, 2.75) is 75.7 Å². The summed E-state index contributed by atoms with van der Waals surface area (Å²) in [6, 6.07) is 9.93. The summed E-state index contributed by atoms with van der Waals surface area (Å²) in [6.45, 7) is 0. The van der Waals surface area contributed by atoms with Gasteiger partial charge in [0.05, 0.1) is 12.2 Å². The molecule has 126 valence electrons. The van der Waals surface area contributed by atoms with Crippen LogP contribution in [0.3, 0.4) is 0 Å². The number of nitrogens with one attached hydrogen (secondary N) is 1. The Hall–Kier alpha value is -1.39. The predicted octanol–water partition coefficient (Wildman–Crippen LogP) is 3.11. The number of benzene rings is 1. The van der Waals surface area contributed by atoms with Crippen molar-refractivity contribution in [3.8, 4) is 0 Å². The molecule has 2 fully saturated rings. The number of carbonyl (C=O) groups excluding carboxylic acids is 1. The molecule has 1 atom stereocenters. The average molecular weight is 317 g/mol. The number of ether oxygens (including phenoxy) is 1. The van der Waals surface area contributed by atoms with Gasteiger partial charge in [-0.1, -0.05) is 43.2 Å². The van der Waals surface area contributed by atoms with Crippen LogP contribution in [-0.4, -0.2) is 29.3 Å². The highest BCUT2D eigenvalue weighted by atomic mass is 16.5. The summed E-state index contributed by atoms with van der Waals surface area (Å²) in [5.41, 5.74) is 0.924. The second kappa shape index (κ2) is 7.93. The quantitative estimate of drug-likeness (QED) is 0.877. The average Bonchev–Trinajstić information content (AvgIpc) is 3.09. The number of carbonyl (C=O) groups is 1. The van der Waals surface area contributed by atoms with Crippen molar-refractivity contribution in [3.05, 3.63) is 35.9 Å². The first-order valence-electron chi connectivity index (χ1n) is 8.91. The summed E-state index contributed by atoms with van der Waals surface area (Å²) in [4.78, 5) is 12.8. The molecular weight excluding hydrogens is 290 g/mol. The number of aliphatic hydroxyl groups excluding tert-OH is 1. The normalized spacial score (nSPS) is 26.8. The van der Waals surface area contributed by atoms with Crippen LogP contribution in [0, 0.1) is 0 Å². The van der Waals surface area contributed by atoms with E-state index in [0.29, 0.717) is 0 Å². The minimum Gasteiger partial charge on any atom is -0.393 e. The lowest BCUT2D eigenvalue weighted by atomic mass is 9.93. The molecule has 1 aromatic rings. The first-order valence-corrected chi connectivity index (χ1v) is 8.91. The Morgan fingerprint density at radius 3 is 2.35 bits per heavy atom. The van der Waals surface area contributed by atoms with Crippen molar-refractivity contribution in [2.24, 2.45) is 0 Å². The van der Waals surface area contributed by atoms with Gasteiger partial charge in [-0.05, 0) is 44.1 Å². The molecule has 0 saturated heterocycles. The van der Waals surface area contributed by atoms with Gasteiger partial charge >= 0.3 is 0 Å². The predicted molar refractivity (Wildman–Crippen MR) is 88.9 cm³/mol. The second-order valence-electron chi connectivity index (χ2n) is 6.85. The molecule has 0 spiro atoms. The van der Waals surface area contributed by atoms with Gasteiger partial charge in [-0.15, -0.1) is 0 Å². The first kappa shape index (κ1) is 16.5. The van der Waals surface area contributed by atoms with Crippen LogP contribution in [-0.2, 0) is 9.53 Å². The third kappa shape index (κ3) is 4.55. The molecule has 0 unspecified atom stereocenters. The van der Waals surface area contributed by atoms with Gasteiger partial charge in [0.2, 0.25) is 0 Å². The number of aliphatic hydroxyl groups is 1. The van der Waals surface area contributed by atoms with Crippen LogP contribution < -0.4 is 5.32 Å². The summed E-state index contributed by atoms with van der Waals surface area (Å²) in [6.07, 6.45) is 7.17. The summed E-state index contributed by atoms with van der Waals surface area (Å²) in [5, 5.41) is 12.7. The molecule has 2 aliphatic rings. The van der Waals surface area contributed by atoms with E-state index in [4.69, 9.17) is 4.74 Å². The summed E-state index contributed by atoms with van der Waals surface area (Å²) in [7, 11) is 0. The maximum atomic E-state index is 12.8. The van der Waals surface area contributed by atoms with Crippen molar-refractivity contribution in [1.82, 2.24) is 5.32 Å². The molecule has 1 amide bonds.